The molecule has 0 spiro atoms. The highest BCUT2D eigenvalue weighted by Gasteiger charge is 2.36. The molecule has 0 radical (unpaired) electrons. The van der Waals surface area contributed by atoms with Crippen LogP contribution in [-0.4, -0.2) is 0 Å². The van der Waals surface area contributed by atoms with Crippen molar-refractivity contribution >= 4 is 13.9 Å². The molecule has 0 aliphatic rings. The van der Waals surface area contributed by atoms with Crippen LogP contribution in [0.4, 0.5) is 22.0 Å². The van der Waals surface area contributed by atoms with Crippen LogP contribution in [0.5, 0.6) is 5.75 Å². The molecule has 0 heterocycles. The van der Waals surface area contributed by atoms with Crippen molar-refractivity contribution in [3.8, 4) is 5.75 Å². The molecule has 0 aliphatic carbocycles. The Hall–Kier alpha value is -2.46. The summed E-state index contributed by atoms with van der Waals surface area (Å²) in [6.07, 6.45) is 1.99. The molecule has 0 aliphatic heterocycles. The number of hydrogen-bond donors (Lipinski definition) is 0. The second kappa shape index (κ2) is 11.5. The van der Waals surface area contributed by atoms with Gasteiger partial charge in [0.25, 0.3) is 0 Å². The molecule has 3 aromatic rings. The van der Waals surface area contributed by atoms with Crippen molar-refractivity contribution in [1.82, 2.24) is 0 Å². The lowest BCUT2D eigenvalue weighted by molar-refractivity contribution is 0.296. The third-order valence-corrected chi connectivity index (χ3v) is 8.36. The van der Waals surface area contributed by atoms with Gasteiger partial charge in [-0.15, -0.1) is 0 Å². The average molecular weight is 537 g/mol. The van der Waals surface area contributed by atoms with Gasteiger partial charge in [-0.1, -0.05) is 98.5 Å². The molecule has 0 bridgehead atoms. The number of unbranched alkanes of at least 4 members (excludes halogenated alkanes) is 1. The Bertz CT molecular complexity index is 1220. The van der Waals surface area contributed by atoms with Crippen LogP contribution in [0.15, 0.2) is 42.5 Å². The Morgan fingerprint density at radius 3 is 1.92 bits per heavy atom. The van der Waals surface area contributed by atoms with Crippen molar-refractivity contribution in [2.75, 3.05) is 0 Å². The van der Waals surface area contributed by atoms with E-state index >= 15 is 0 Å². The summed E-state index contributed by atoms with van der Waals surface area (Å²) in [5.74, 6) is -8.94. The van der Waals surface area contributed by atoms with E-state index < -0.39 is 48.1 Å². The lowest BCUT2D eigenvalue weighted by Crippen LogP contribution is -2.26. The predicted molar refractivity (Wildman–Crippen MR) is 142 cm³/mol. The zero-order valence-corrected chi connectivity index (χ0v) is 23.2. The molecule has 0 aromatic heterocycles. The first-order chi connectivity index (χ1) is 17.3. The summed E-state index contributed by atoms with van der Waals surface area (Å²) < 4.78 is 78.0. The summed E-state index contributed by atoms with van der Waals surface area (Å²) in [5, 5.41) is -1.71. The van der Waals surface area contributed by atoms with Gasteiger partial charge in [0.2, 0.25) is 5.82 Å². The predicted octanol–water partition coefficient (Wildman–Crippen LogP) is 8.98. The van der Waals surface area contributed by atoms with Crippen LogP contribution in [0.25, 0.3) is 0 Å². The maximum absolute atomic E-state index is 14.8. The summed E-state index contributed by atoms with van der Waals surface area (Å²) in [7, 11) is -0.711. The molecule has 0 fully saturated rings. The molecule has 0 saturated heterocycles. The zero-order valence-electron chi connectivity index (χ0n) is 22.2. The first kappa shape index (κ1) is 29.1. The van der Waals surface area contributed by atoms with Gasteiger partial charge in [-0.2, -0.15) is 0 Å². The van der Waals surface area contributed by atoms with Gasteiger partial charge in [0.05, 0.1) is 5.30 Å². The number of halogens is 5. The third kappa shape index (κ3) is 6.34. The fourth-order valence-corrected chi connectivity index (χ4v) is 5.94. The molecule has 3 rings (SSSR count). The molecule has 0 amide bonds. The van der Waals surface area contributed by atoms with Crippen molar-refractivity contribution in [2.24, 2.45) is 0 Å². The molecule has 200 valence electrons. The smallest absolute Gasteiger partial charge is 0.200 e. The lowest BCUT2D eigenvalue weighted by Gasteiger charge is -2.35. The van der Waals surface area contributed by atoms with Gasteiger partial charge in [0.1, 0.15) is 12.4 Å². The van der Waals surface area contributed by atoms with E-state index in [1.165, 1.54) is 0 Å². The number of hydrogen-bond acceptors (Lipinski definition) is 1. The van der Waals surface area contributed by atoms with Gasteiger partial charge >= 0.3 is 0 Å². The minimum Gasteiger partial charge on any atom is -0.488 e. The van der Waals surface area contributed by atoms with Crippen LogP contribution < -0.4 is 10.0 Å². The fourth-order valence-electron chi connectivity index (χ4n) is 4.32. The van der Waals surface area contributed by atoms with Gasteiger partial charge in [0, 0.05) is 10.7 Å². The molecule has 0 N–H and O–H groups in total. The fraction of sp³-hybridized carbons (Fsp3) is 0.400. The Kier molecular flexibility index (Phi) is 9.06. The molecular formula is C30H34F5OP. The molecule has 3 aromatic carbocycles. The molecule has 7 heteroatoms. The SMILES string of the molecule is CCCCC(C)(Pc1c(F)c(F)c(F)c(F)c1F)c1cc(C(C)(C)C)cc(C)c1OCc1ccccc1. The minimum absolute atomic E-state index is 0.239. The maximum atomic E-state index is 14.8. The summed E-state index contributed by atoms with van der Waals surface area (Å²) in [5.41, 5.74) is 3.27. The van der Waals surface area contributed by atoms with E-state index in [1.807, 2.05) is 63.2 Å². The van der Waals surface area contributed by atoms with Crippen molar-refractivity contribution in [1.29, 1.82) is 0 Å². The summed E-state index contributed by atoms with van der Waals surface area (Å²) in [4.78, 5) is 0. The van der Waals surface area contributed by atoms with Gasteiger partial charge in [-0.3, -0.25) is 0 Å². The van der Waals surface area contributed by atoms with Crippen LogP contribution in [0.3, 0.4) is 0 Å². The Morgan fingerprint density at radius 1 is 0.811 bits per heavy atom. The van der Waals surface area contributed by atoms with Gasteiger partial charge in [0.15, 0.2) is 23.3 Å². The summed E-state index contributed by atoms with van der Waals surface area (Å²) >= 11 is 0. The Labute approximate surface area is 218 Å². The molecule has 1 nitrogen and oxygen atoms in total. The van der Waals surface area contributed by atoms with Crippen LogP contribution in [-0.2, 0) is 17.2 Å². The van der Waals surface area contributed by atoms with Crippen LogP contribution in [0.2, 0.25) is 0 Å². The van der Waals surface area contributed by atoms with Crippen LogP contribution in [0, 0.1) is 36.0 Å². The van der Waals surface area contributed by atoms with Gasteiger partial charge in [-0.25, -0.2) is 22.0 Å². The summed E-state index contributed by atoms with van der Waals surface area (Å²) in [6.45, 7) is 12.2. The van der Waals surface area contributed by atoms with Crippen LogP contribution in [0.1, 0.15) is 76.1 Å². The second-order valence-electron chi connectivity index (χ2n) is 10.7. The zero-order chi connectivity index (χ0) is 27.5. The molecule has 0 saturated carbocycles. The van der Waals surface area contributed by atoms with E-state index in [2.05, 4.69) is 20.8 Å². The molecular weight excluding hydrogens is 502 g/mol. The van der Waals surface area contributed by atoms with E-state index in [0.717, 1.165) is 23.1 Å². The van der Waals surface area contributed by atoms with Crippen molar-refractivity contribution in [2.45, 2.75) is 78.0 Å². The average Bonchev–Trinajstić information content (AvgIpc) is 2.86. The van der Waals surface area contributed by atoms with E-state index in [1.54, 1.807) is 0 Å². The first-order valence-corrected chi connectivity index (χ1v) is 13.4. The van der Waals surface area contributed by atoms with Crippen LogP contribution >= 0.6 is 8.58 Å². The quantitative estimate of drug-likeness (QED) is 0.115. The van der Waals surface area contributed by atoms with E-state index in [9.17, 15) is 22.0 Å². The standard InChI is InChI=1S/C30H34F5OP/c1-7-8-14-30(6,37-28-25(34)23(32)22(31)24(33)26(28)35)21-16-20(29(3,4)5)15-18(2)27(21)36-17-19-12-10-9-11-13-19/h9-13,15-16,37H,7-8,14,17H2,1-6H3. The first-order valence-electron chi connectivity index (χ1n) is 12.4. The molecule has 37 heavy (non-hydrogen) atoms. The highest BCUT2D eigenvalue weighted by molar-refractivity contribution is 7.48. The van der Waals surface area contributed by atoms with Crippen molar-refractivity contribution in [3.05, 3.63) is 93.8 Å². The van der Waals surface area contributed by atoms with E-state index in [4.69, 9.17) is 4.74 Å². The van der Waals surface area contributed by atoms with E-state index in [-0.39, 0.29) is 12.0 Å². The molecule has 2 atom stereocenters. The normalized spacial score (nSPS) is 13.8. The Balaban J connectivity index is 2.22. The molecule has 2 unspecified atom stereocenters. The topological polar surface area (TPSA) is 9.23 Å². The van der Waals surface area contributed by atoms with Gasteiger partial charge in [-0.05, 0) is 35.4 Å². The Morgan fingerprint density at radius 2 is 1.38 bits per heavy atom. The summed E-state index contributed by atoms with van der Waals surface area (Å²) in [6, 6.07) is 13.6. The van der Waals surface area contributed by atoms with Crippen molar-refractivity contribution < 1.29 is 26.7 Å². The third-order valence-electron chi connectivity index (χ3n) is 6.60. The number of aryl methyl sites for hydroxylation is 1. The number of rotatable bonds is 9. The monoisotopic (exact) mass is 536 g/mol. The highest BCUT2D eigenvalue weighted by Crippen LogP contribution is 2.51. The van der Waals surface area contributed by atoms with Crippen molar-refractivity contribution in [3.63, 3.8) is 0 Å². The van der Waals surface area contributed by atoms with Gasteiger partial charge < -0.3 is 4.74 Å². The lowest BCUT2D eigenvalue weighted by atomic mass is 9.82. The maximum Gasteiger partial charge on any atom is 0.200 e. The number of ether oxygens (including phenoxy) is 1. The highest BCUT2D eigenvalue weighted by atomic mass is 31.1. The number of benzene rings is 3. The second-order valence-corrected chi connectivity index (χ2v) is 12.6. The van der Waals surface area contributed by atoms with E-state index in [0.29, 0.717) is 24.2 Å². The largest absolute Gasteiger partial charge is 0.488 e. The minimum atomic E-state index is -2.14.